The maximum atomic E-state index is 10.7. The van der Waals surface area contributed by atoms with Crippen molar-refractivity contribution >= 4 is 12.4 Å². The Morgan fingerprint density at radius 1 is 1.73 bits per heavy atom. The third-order valence-electron chi connectivity index (χ3n) is 1.80. The first-order chi connectivity index (χ1) is 5.33. The van der Waals surface area contributed by atoms with Gasteiger partial charge in [-0.25, -0.2) is 0 Å². The number of ether oxygens (including phenoxy) is 1. The molecule has 4 heteroatoms. The molecule has 1 atom stereocenters. The van der Waals surface area contributed by atoms with Crippen LogP contribution in [0.15, 0.2) is 0 Å². The Balaban J connectivity index is 2.18. The van der Waals surface area contributed by atoms with Crippen molar-refractivity contribution in [2.45, 2.75) is 12.8 Å². The van der Waals surface area contributed by atoms with Crippen LogP contribution < -0.4 is 5.32 Å². The van der Waals surface area contributed by atoms with Gasteiger partial charge in [-0.3, -0.25) is 9.59 Å². The van der Waals surface area contributed by atoms with E-state index in [1.165, 1.54) is 0 Å². The zero-order valence-corrected chi connectivity index (χ0v) is 6.21. The number of carbonyl (C=O) groups excluding carboxylic acids is 2. The molecule has 0 bridgehead atoms. The molecule has 0 radical (unpaired) electrons. The summed E-state index contributed by atoms with van der Waals surface area (Å²) in [4.78, 5) is 20.4. The summed E-state index contributed by atoms with van der Waals surface area (Å²) in [7, 11) is 0. The molecule has 1 aliphatic rings. The first kappa shape index (κ1) is 8.20. The van der Waals surface area contributed by atoms with Crippen LogP contribution in [0.25, 0.3) is 0 Å². The minimum atomic E-state index is -0.423. The molecule has 0 aromatic heterocycles. The molecular formula is C7H11NO3. The van der Waals surface area contributed by atoms with Gasteiger partial charge < -0.3 is 10.1 Å². The van der Waals surface area contributed by atoms with Crippen LogP contribution >= 0.6 is 0 Å². The SMILES string of the molecule is O=COC(=O)CC1CCNC1. The molecule has 62 valence electrons. The van der Waals surface area contributed by atoms with Crippen LogP contribution in [0.2, 0.25) is 0 Å². The number of carbonyl (C=O) groups is 2. The van der Waals surface area contributed by atoms with Gasteiger partial charge in [0, 0.05) is 0 Å². The summed E-state index contributed by atoms with van der Waals surface area (Å²) in [5, 5.41) is 3.12. The maximum Gasteiger partial charge on any atom is 0.313 e. The molecule has 1 fully saturated rings. The van der Waals surface area contributed by atoms with Crippen LogP contribution in [0.4, 0.5) is 0 Å². The average molecular weight is 157 g/mol. The second kappa shape index (κ2) is 4.08. The molecule has 0 amide bonds. The van der Waals surface area contributed by atoms with E-state index in [-0.39, 0.29) is 6.47 Å². The van der Waals surface area contributed by atoms with E-state index in [9.17, 15) is 9.59 Å². The molecular weight excluding hydrogens is 146 g/mol. The van der Waals surface area contributed by atoms with Crippen LogP contribution in [-0.2, 0) is 14.3 Å². The maximum absolute atomic E-state index is 10.7. The first-order valence-electron chi connectivity index (χ1n) is 3.67. The summed E-state index contributed by atoms with van der Waals surface area (Å²) >= 11 is 0. The Bertz CT molecular complexity index is 152. The normalized spacial score (nSPS) is 23.1. The predicted molar refractivity (Wildman–Crippen MR) is 37.7 cm³/mol. The van der Waals surface area contributed by atoms with Crippen LogP contribution in [0.5, 0.6) is 0 Å². The third-order valence-corrected chi connectivity index (χ3v) is 1.80. The van der Waals surface area contributed by atoms with Crippen LogP contribution in [-0.4, -0.2) is 25.5 Å². The summed E-state index contributed by atoms with van der Waals surface area (Å²) < 4.78 is 4.16. The standard InChI is InChI=1S/C7H11NO3/c9-5-11-7(10)3-6-1-2-8-4-6/h5-6,8H,1-4H2. The molecule has 1 N–H and O–H groups in total. The Hall–Kier alpha value is -0.900. The number of nitrogens with one attached hydrogen (secondary N) is 1. The van der Waals surface area contributed by atoms with Gasteiger partial charge in [-0.05, 0) is 25.4 Å². The van der Waals surface area contributed by atoms with Crippen molar-refractivity contribution < 1.29 is 14.3 Å². The second-order valence-corrected chi connectivity index (χ2v) is 2.65. The summed E-state index contributed by atoms with van der Waals surface area (Å²) in [6.45, 7) is 2.00. The average Bonchev–Trinajstić information content (AvgIpc) is 2.40. The molecule has 1 unspecified atom stereocenters. The van der Waals surface area contributed by atoms with Crippen LogP contribution in [0, 0.1) is 5.92 Å². The van der Waals surface area contributed by atoms with E-state index in [2.05, 4.69) is 10.1 Å². The summed E-state index contributed by atoms with van der Waals surface area (Å²) in [5.74, 6) is -0.0730. The van der Waals surface area contributed by atoms with Crippen molar-refractivity contribution in [3.05, 3.63) is 0 Å². The van der Waals surface area contributed by atoms with Crippen LogP contribution in [0.3, 0.4) is 0 Å². The van der Waals surface area contributed by atoms with Crippen molar-refractivity contribution in [2.24, 2.45) is 5.92 Å². The smallest absolute Gasteiger partial charge is 0.313 e. The Morgan fingerprint density at radius 2 is 2.55 bits per heavy atom. The van der Waals surface area contributed by atoms with Gasteiger partial charge in [0.05, 0.1) is 6.42 Å². The third kappa shape index (κ3) is 2.67. The first-order valence-corrected chi connectivity index (χ1v) is 3.67. The van der Waals surface area contributed by atoms with Crippen molar-refractivity contribution in [3.8, 4) is 0 Å². The summed E-state index contributed by atoms with van der Waals surface area (Å²) in [6.07, 6.45) is 1.35. The lowest BCUT2D eigenvalue weighted by Gasteiger charge is -2.03. The fourth-order valence-corrected chi connectivity index (χ4v) is 1.23. The second-order valence-electron chi connectivity index (χ2n) is 2.65. The molecule has 0 aromatic carbocycles. The molecule has 0 saturated carbocycles. The molecule has 1 saturated heterocycles. The quantitative estimate of drug-likeness (QED) is 0.347. The lowest BCUT2D eigenvalue weighted by atomic mass is 10.1. The molecule has 11 heavy (non-hydrogen) atoms. The van der Waals surface area contributed by atoms with E-state index in [4.69, 9.17) is 0 Å². The Labute approximate surface area is 64.9 Å². The van der Waals surface area contributed by atoms with Crippen molar-refractivity contribution in [3.63, 3.8) is 0 Å². The van der Waals surface area contributed by atoms with Gasteiger partial charge in [0.15, 0.2) is 0 Å². The van der Waals surface area contributed by atoms with E-state index < -0.39 is 5.97 Å². The van der Waals surface area contributed by atoms with E-state index in [1.807, 2.05) is 0 Å². The van der Waals surface area contributed by atoms with E-state index in [0.29, 0.717) is 12.3 Å². The molecule has 0 spiro atoms. The molecule has 0 aliphatic carbocycles. The Kier molecular flexibility index (Phi) is 3.04. The zero-order valence-electron chi connectivity index (χ0n) is 6.21. The van der Waals surface area contributed by atoms with E-state index in [0.717, 1.165) is 19.5 Å². The van der Waals surface area contributed by atoms with Gasteiger partial charge >= 0.3 is 12.4 Å². The monoisotopic (exact) mass is 157 g/mol. The molecule has 0 aromatic rings. The Morgan fingerprint density at radius 3 is 3.09 bits per heavy atom. The molecule has 1 rings (SSSR count). The number of hydrogen-bond donors (Lipinski definition) is 1. The van der Waals surface area contributed by atoms with Gasteiger partial charge in [-0.2, -0.15) is 0 Å². The van der Waals surface area contributed by atoms with E-state index >= 15 is 0 Å². The lowest BCUT2D eigenvalue weighted by Crippen LogP contribution is -2.14. The van der Waals surface area contributed by atoms with Gasteiger partial charge in [0.25, 0.3) is 0 Å². The number of hydrogen-bond acceptors (Lipinski definition) is 4. The summed E-state index contributed by atoms with van der Waals surface area (Å²) in [6, 6.07) is 0. The van der Waals surface area contributed by atoms with Crippen LogP contribution in [0.1, 0.15) is 12.8 Å². The van der Waals surface area contributed by atoms with Crippen molar-refractivity contribution in [2.75, 3.05) is 13.1 Å². The van der Waals surface area contributed by atoms with Crippen molar-refractivity contribution in [1.29, 1.82) is 0 Å². The zero-order chi connectivity index (χ0) is 8.10. The fraction of sp³-hybridized carbons (Fsp3) is 0.714. The topological polar surface area (TPSA) is 55.4 Å². The van der Waals surface area contributed by atoms with Crippen molar-refractivity contribution in [1.82, 2.24) is 5.32 Å². The van der Waals surface area contributed by atoms with Gasteiger partial charge in [-0.15, -0.1) is 0 Å². The number of rotatable bonds is 3. The predicted octanol–water partition coefficient (Wildman–Crippen LogP) is -0.314. The van der Waals surface area contributed by atoms with Gasteiger partial charge in [0.1, 0.15) is 0 Å². The highest BCUT2D eigenvalue weighted by atomic mass is 16.6. The lowest BCUT2D eigenvalue weighted by molar-refractivity contribution is -0.152. The highest BCUT2D eigenvalue weighted by Gasteiger charge is 2.18. The highest BCUT2D eigenvalue weighted by Crippen LogP contribution is 2.12. The highest BCUT2D eigenvalue weighted by molar-refractivity contribution is 5.76. The van der Waals surface area contributed by atoms with E-state index in [1.54, 1.807) is 0 Å². The minimum Gasteiger partial charge on any atom is -0.395 e. The molecule has 1 aliphatic heterocycles. The summed E-state index contributed by atoms with van der Waals surface area (Å²) in [5.41, 5.74) is 0. The van der Waals surface area contributed by atoms with Gasteiger partial charge in [0.2, 0.25) is 0 Å². The minimum absolute atomic E-state index is 0.185. The largest absolute Gasteiger partial charge is 0.395 e. The fourth-order valence-electron chi connectivity index (χ4n) is 1.23. The van der Waals surface area contributed by atoms with Gasteiger partial charge in [-0.1, -0.05) is 0 Å². The molecule has 4 nitrogen and oxygen atoms in total. The number of esters is 1. The molecule has 1 heterocycles.